The van der Waals surface area contributed by atoms with Gasteiger partial charge in [-0.25, -0.2) is 18.2 Å². The Balaban J connectivity index is 1.27. The number of amides is 1. The fourth-order valence-electron chi connectivity index (χ4n) is 4.86. The van der Waals surface area contributed by atoms with Gasteiger partial charge < -0.3 is 19.6 Å². The summed E-state index contributed by atoms with van der Waals surface area (Å²) in [6.07, 6.45) is 5.82. The number of aromatic nitrogens is 1. The van der Waals surface area contributed by atoms with E-state index in [0.29, 0.717) is 44.6 Å². The molecule has 3 aliphatic heterocycles. The number of anilines is 1. The molecule has 0 aliphatic carbocycles. The number of hydrogen-bond acceptors (Lipinski definition) is 6. The average Bonchev–Trinajstić information content (AvgIpc) is 2.97. The van der Waals surface area contributed by atoms with E-state index in [1.807, 2.05) is 12.1 Å². The maximum Gasteiger partial charge on any atom is 0.407 e. The fourth-order valence-corrected chi connectivity index (χ4v) is 5.69. The normalized spacial score (nSPS) is 27.8. The number of hydrogen-bond donors (Lipinski definition) is 1. The summed E-state index contributed by atoms with van der Waals surface area (Å²) in [5.41, 5.74) is 0.957. The smallest absolute Gasteiger partial charge is 0.407 e. The highest BCUT2D eigenvalue weighted by atomic mass is 32.2. The molecule has 1 amide bonds. The summed E-state index contributed by atoms with van der Waals surface area (Å²) in [5, 5.41) is 9.35. The van der Waals surface area contributed by atoms with Gasteiger partial charge >= 0.3 is 6.09 Å². The van der Waals surface area contributed by atoms with Crippen molar-refractivity contribution in [3.8, 4) is 5.88 Å². The van der Waals surface area contributed by atoms with Gasteiger partial charge in [0.25, 0.3) is 0 Å². The molecule has 4 heterocycles. The number of nitrogens with zero attached hydrogens (tertiary/aromatic N) is 4. The zero-order chi connectivity index (χ0) is 20.6. The van der Waals surface area contributed by atoms with Crippen molar-refractivity contribution in [2.24, 2.45) is 5.92 Å². The van der Waals surface area contributed by atoms with Gasteiger partial charge in [-0.15, -0.1) is 0 Å². The molecule has 3 fully saturated rings. The lowest BCUT2D eigenvalue weighted by atomic mass is 9.92. The van der Waals surface area contributed by atoms with Crippen LogP contribution < -0.4 is 9.64 Å². The highest BCUT2D eigenvalue weighted by molar-refractivity contribution is 7.88. The molecule has 0 spiro atoms. The van der Waals surface area contributed by atoms with Gasteiger partial charge in [0.2, 0.25) is 15.9 Å². The van der Waals surface area contributed by atoms with Crippen molar-refractivity contribution >= 4 is 21.8 Å². The Morgan fingerprint density at radius 2 is 1.83 bits per heavy atom. The van der Waals surface area contributed by atoms with Crippen LogP contribution >= 0.6 is 0 Å². The van der Waals surface area contributed by atoms with Crippen molar-refractivity contribution in [3.63, 3.8) is 0 Å². The average molecular weight is 425 g/mol. The summed E-state index contributed by atoms with van der Waals surface area (Å²) >= 11 is 0. The molecule has 3 saturated heterocycles. The van der Waals surface area contributed by atoms with Gasteiger partial charge in [-0.1, -0.05) is 0 Å². The minimum atomic E-state index is -3.13. The lowest BCUT2D eigenvalue weighted by Gasteiger charge is -2.36. The number of sulfonamides is 1. The van der Waals surface area contributed by atoms with Crippen LogP contribution in [0.4, 0.5) is 10.5 Å². The van der Waals surface area contributed by atoms with Gasteiger partial charge in [0, 0.05) is 44.3 Å². The second-order valence-corrected chi connectivity index (χ2v) is 10.2. The van der Waals surface area contributed by atoms with E-state index in [9.17, 15) is 18.3 Å². The first kappa shape index (κ1) is 20.2. The Bertz CT molecular complexity index is 825. The van der Waals surface area contributed by atoms with Crippen molar-refractivity contribution < 1.29 is 23.1 Å². The Morgan fingerprint density at radius 1 is 1.17 bits per heavy atom. The van der Waals surface area contributed by atoms with Crippen molar-refractivity contribution in [2.45, 2.75) is 37.8 Å². The minimum absolute atomic E-state index is 0.126. The molecule has 0 unspecified atom stereocenters. The van der Waals surface area contributed by atoms with E-state index in [2.05, 4.69) is 9.88 Å². The van der Waals surface area contributed by atoms with Gasteiger partial charge in [-0.3, -0.25) is 0 Å². The fraction of sp³-hybridized carbons (Fsp3) is 0.684. The van der Waals surface area contributed by atoms with Gasteiger partial charge in [0.05, 0.1) is 24.7 Å². The molecule has 4 rings (SSSR count). The van der Waals surface area contributed by atoms with Crippen LogP contribution in [0.25, 0.3) is 0 Å². The van der Waals surface area contributed by atoms with Crippen molar-refractivity contribution in [1.29, 1.82) is 0 Å². The van der Waals surface area contributed by atoms with Gasteiger partial charge in [0.1, 0.15) is 0 Å². The molecule has 10 heteroatoms. The third-order valence-corrected chi connectivity index (χ3v) is 7.62. The number of pyridine rings is 1. The molecule has 2 bridgehead atoms. The minimum Gasteiger partial charge on any atom is -0.477 e. The number of fused-ring (bicyclic) bond motifs is 2. The van der Waals surface area contributed by atoms with Crippen LogP contribution in [-0.2, 0) is 10.0 Å². The highest BCUT2D eigenvalue weighted by Crippen LogP contribution is 2.38. The number of carboxylic acid groups (broad SMARTS) is 1. The maximum absolute atomic E-state index is 11.6. The van der Waals surface area contributed by atoms with Crippen molar-refractivity contribution in [1.82, 2.24) is 14.2 Å². The summed E-state index contributed by atoms with van der Waals surface area (Å²) in [6, 6.07) is 4.05. The quantitative estimate of drug-likeness (QED) is 0.763. The Hall–Kier alpha value is -2.07. The first-order valence-electron chi connectivity index (χ1n) is 10.1. The van der Waals surface area contributed by atoms with E-state index in [-0.39, 0.29) is 12.1 Å². The molecule has 1 aromatic rings. The monoisotopic (exact) mass is 424 g/mol. The molecular formula is C19H28N4O5S. The van der Waals surface area contributed by atoms with E-state index < -0.39 is 16.1 Å². The van der Waals surface area contributed by atoms with Crippen LogP contribution in [0, 0.1) is 5.92 Å². The van der Waals surface area contributed by atoms with Crippen LogP contribution in [0.2, 0.25) is 0 Å². The Morgan fingerprint density at radius 3 is 2.34 bits per heavy atom. The number of carbonyl (C=O) groups is 1. The lowest BCUT2D eigenvalue weighted by Crippen LogP contribution is -2.48. The molecule has 9 nitrogen and oxygen atoms in total. The topological polar surface area (TPSA) is 103 Å². The summed E-state index contributed by atoms with van der Waals surface area (Å²) in [4.78, 5) is 19.5. The SMILES string of the molecule is CS(=O)(=O)N1CCN(c2ccc(OC[C@H]3C[C@H]4CC[C@@H](C3)N4C(=O)O)nc2)CC1. The summed E-state index contributed by atoms with van der Waals surface area (Å²) in [6.45, 7) is 2.79. The molecule has 3 aliphatic rings. The zero-order valence-electron chi connectivity index (χ0n) is 16.6. The second-order valence-electron chi connectivity index (χ2n) is 8.23. The first-order chi connectivity index (χ1) is 13.8. The standard InChI is InChI=1S/C19H28N4O5S/c1-29(26,27)22-8-6-21(7-9-22)17-4-5-18(20-12-17)28-13-14-10-15-2-3-16(11-14)23(15)19(24)25/h4-5,12,14-16H,2-3,6-11,13H2,1H3,(H,24,25)/t14-,15+,16-. The number of piperazine rings is 1. The first-order valence-corrected chi connectivity index (χ1v) is 12.0. The van der Waals surface area contributed by atoms with Crippen LogP contribution in [0.1, 0.15) is 25.7 Å². The van der Waals surface area contributed by atoms with E-state index >= 15 is 0 Å². The molecule has 3 atom stereocenters. The molecule has 160 valence electrons. The predicted octanol–water partition coefficient (Wildman–Crippen LogP) is 1.46. The van der Waals surface area contributed by atoms with Gasteiger partial charge in [0.15, 0.2) is 0 Å². The third kappa shape index (κ3) is 4.42. The van der Waals surface area contributed by atoms with Crippen LogP contribution in [0.15, 0.2) is 18.3 Å². The van der Waals surface area contributed by atoms with E-state index in [1.54, 1.807) is 11.1 Å². The largest absolute Gasteiger partial charge is 0.477 e. The predicted molar refractivity (Wildman–Crippen MR) is 108 cm³/mol. The Kier molecular flexibility index (Phi) is 5.56. The van der Waals surface area contributed by atoms with Crippen molar-refractivity contribution in [2.75, 3.05) is 43.9 Å². The molecule has 1 aromatic heterocycles. The third-order valence-electron chi connectivity index (χ3n) is 6.31. The summed E-state index contributed by atoms with van der Waals surface area (Å²) in [5.74, 6) is 0.921. The number of rotatable bonds is 5. The molecule has 1 N–H and O–H groups in total. The molecule has 0 aromatic carbocycles. The highest BCUT2D eigenvalue weighted by Gasteiger charge is 2.43. The van der Waals surface area contributed by atoms with Crippen LogP contribution in [-0.4, -0.2) is 84.9 Å². The lowest BCUT2D eigenvalue weighted by molar-refractivity contribution is 0.0706. The van der Waals surface area contributed by atoms with E-state index in [1.165, 1.54) is 10.6 Å². The Labute approximate surface area is 171 Å². The number of ether oxygens (including phenoxy) is 1. The molecule has 29 heavy (non-hydrogen) atoms. The number of piperidine rings is 1. The van der Waals surface area contributed by atoms with E-state index in [4.69, 9.17) is 4.74 Å². The maximum atomic E-state index is 11.6. The van der Waals surface area contributed by atoms with Gasteiger partial charge in [-0.2, -0.15) is 4.31 Å². The molecular weight excluding hydrogens is 396 g/mol. The van der Waals surface area contributed by atoms with Crippen LogP contribution in [0.5, 0.6) is 5.88 Å². The zero-order valence-corrected chi connectivity index (χ0v) is 17.4. The van der Waals surface area contributed by atoms with Gasteiger partial charge in [-0.05, 0) is 37.7 Å². The molecule has 0 radical (unpaired) electrons. The summed E-state index contributed by atoms with van der Waals surface area (Å²) < 4.78 is 30.6. The summed E-state index contributed by atoms with van der Waals surface area (Å²) in [7, 11) is -3.13. The van der Waals surface area contributed by atoms with Crippen molar-refractivity contribution in [3.05, 3.63) is 18.3 Å². The van der Waals surface area contributed by atoms with Crippen LogP contribution in [0.3, 0.4) is 0 Å². The van der Waals surface area contributed by atoms with E-state index in [0.717, 1.165) is 31.4 Å². The second kappa shape index (κ2) is 7.98. The molecule has 0 saturated carbocycles.